The van der Waals surface area contributed by atoms with Gasteiger partial charge in [0.2, 0.25) is 0 Å². The Kier molecular flexibility index (Phi) is 3.97. The summed E-state index contributed by atoms with van der Waals surface area (Å²) in [6.07, 6.45) is -15.4. The molecule has 1 aromatic carbocycles. The lowest BCUT2D eigenvalue weighted by molar-refractivity contribution is -0.304. The summed E-state index contributed by atoms with van der Waals surface area (Å²) in [6.45, 7) is 0. The molecular weight excluding hydrogens is 282 g/mol. The van der Waals surface area contributed by atoms with Gasteiger partial charge in [0.15, 0.2) is 0 Å². The number of carboxylic acid groups (broad SMARTS) is 1. The third-order valence-corrected chi connectivity index (χ3v) is 1.93. The Morgan fingerprint density at radius 3 is 1.95 bits per heavy atom. The summed E-state index contributed by atoms with van der Waals surface area (Å²) < 4.78 is 77.1. The van der Waals surface area contributed by atoms with Crippen molar-refractivity contribution in [3.63, 3.8) is 0 Å². The molecule has 1 atom stereocenters. The van der Waals surface area contributed by atoms with Crippen LogP contribution >= 0.6 is 0 Å². The number of carboxylic acids is 1. The quantitative estimate of drug-likeness (QED) is 0.795. The van der Waals surface area contributed by atoms with Crippen LogP contribution in [0.2, 0.25) is 0 Å². The molecule has 0 bridgehead atoms. The summed E-state index contributed by atoms with van der Waals surface area (Å²) in [7, 11) is 0. The molecule has 0 unspecified atom stereocenters. The average molecular weight is 287 g/mol. The van der Waals surface area contributed by atoms with Crippen LogP contribution in [-0.2, 0) is 0 Å². The number of hydrogen-bond donors (Lipinski definition) is 0. The molecule has 1 aromatic rings. The molecule has 19 heavy (non-hydrogen) atoms. The van der Waals surface area contributed by atoms with Crippen molar-refractivity contribution in [2.24, 2.45) is 0 Å². The first kappa shape index (κ1) is 15.1. The van der Waals surface area contributed by atoms with E-state index in [0.717, 1.165) is 12.1 Å². The predicted octanol–water partition coefficient (Wildman–Crippen LogP) is 1.92. The summed E-state index contributed by atoms with van der Waals surface area (Å²) in [5, 5.41) is 10.3. The number of halogens is 6. The lowest BCUT2D eigenvalue weighted by Crippen LogP contribution is -2.45. The van der Waals surface area contributed by atoms with Gasteiger partial charge in [-0.15, -0.1) is 0 Å². The second-order valence-corrected chi connectivity index (χ2v) is 3.38. The standard InChI is InChI=1S/C10H6F6O3/c11-8(9(12,13)14)10(15,16)19-6-3-1-5(2-4-6)7(17)18/h1-4,8H,(H,17,18)/p-1/t8-/m1/s1. The minimum absolute atomic E-state index is 0.400. The van der Waals surface area contributed by atoms with Gasteiger partial charge in [-0.05, 0) is 29.8 Å². The van der Waals surface area contributed by atoms with Crippen molar-refractivity contribution in [2.45, 2.75) is 18.5 Å². The zero-order valence-electron chi connectivity index (χ0n) is 8.88. The molecule has 0 amide bonds. The van der Waals surface area contributed by atoms with Crippen molar-refractivity contribution in [1.29, 1.82) is 0 Å². The van der Waals surface area contributed by atoms with Gasteiger partial charge in [-0.1, -0.05) is 0 Å². The summed E-state index contributed by atoms with van der Waals surface area (Å²) in [6, 6.07) is 2.84. The molecule has 9 heteroatoms. The van der Waals surface area contributed by atoms with E-state index in [1.807, 2.05) is 0 Å². The van der Waals surface area contributed by atoms with Gasteiger partial charge in [0.05, 0.1) is 5.97 Å². The zero-order valence-corrected chi connectivity index (χ0v) is 8.88. The highest BCUT2D eigenvalue weighted by Crippen LogP contribution is 2.36. The van der Waals surface area contributed by atoms with Crippen molar-refractivity contribution in [2.75, 3.05) is 0 Å². The molecule has 0 spiro atoms. The fourth-order valence-electron chi connectivity index (χ4n) is 1.06. The van der Waals surface area contributed by atoms with Gasteiger partial charge >= 0.3 is 12.3 Å². The van der Waals surface area contributed by atoms with Crippen LogP contribution < -0.4 is 9.84 Å². The van der Waals surface area contributed by atoms with Crippen molar-refractivity contribution >= 4 is 5.97 Å². The van der Waals surface area contributed by atoms with Crippen molar-refractivity contribution in [3.05, 3.63) is 29.8 Å². The van der Waals surface area contributed by atoms with Gasteiger partial charge in [0.1, 0.15) is 5.75 Å². The Bertz CT molecular complexity index is 453. The van der Waals surface area contributed by atoms with Crippen LogP contribution in [0.4, 0.5) is 26.3 Å². The number of rotatable bonds is 4. The molecule has 0 aliphatic carbocycles. The van der Waals surface area contributed by atoms with Gasteiger partial charge < -0.3 is 14.6 Å². The highest BCUT2D eigenvalue weighted by Gasteiger charge is 2.59. The summed E-state index contributed by atoms with van der Waals surface area (Å²) in [5.41, 5.74) is -0.400. The van der Waals surface area contributed by atoms with Crippen LogP contribution in [0.25, 0.3) is 0 Å². The van der Waals surface area contributed by atoms with Crippen molar-refractivity contribution in [3.8, 4) is 5.75 Å². The van der Waals surface area contributed by atoms with Crippen molar-refractivity contribution < 1.29 is 41.0 Å². The maximum atomic E-state index is 12.8. The van der Waals surface area contributed by atoms with E-state index in [9.17, 15) is 36.2 Å². The third kappa shape index (κ3) is 3.76. The molecule has 0 fully saturated rings. The van der Waals surface area contributed by atoms with Crippen LogP contribution in [0.3, 0.4) is 0 Å². The van der Waals surface area contributed by atoms with E-state index in [1.165, 1.54) is 0 Å². The third-order valence-electron chi connectivity index (χ3n) is 1.93. The lowest BCUT2D eigenvalue weighted by atomic mass is 10.2. The SMILES string of the molecule is O=C([O-])c1ccc(OC(F)(F)[C@H](F)C(F)(F)F)cc1. The Balaban J connectivity index is 2.86. The number of hydrogen-bond acceptors (Lipinski definition) is 3. The van der Waals surface area contributed by atoms with Gasteiger partial charge in [-0.3, -0.25) is 0 Å². The van der Waals surface area contributed by atoms with E-state index in [4.69, 9.17) is 0 Å². The minimum Gasteiger partial charge on any atom is -0.545 e. The fourth-order valence-corrected chi connectivity index (χ4v) is 1.06. The second-order valence-electron chi connectivity index (χ2n) is 3.38. The monoisotopic (exact) mass is 287 g/mol. The van der Waals surface area contributed by atoms with Gasteiger partial charge in [0.25, 0.3) is 6.17 Å². The van der Waals surface area contributed by atoms with Gasteiger partial charge in [-0.2, -0.15) is 22.0 Å². The molecule has 0 N–H and O–H groups in total. The zero-order chi connectivity index (χ0) is 14.8. The van der Waals surface area contributed by atoms with E-state index in [2.05, 4.69) is 4.74 Å². The highest BCUT2D eigenvalue weighted by atomic mass is 19.4. The largest absolute Gasteiger partial charge is 0.545 e. The molecule has 0 saturated heterocycles. The average Bonchev–Trinajstić information content (AvgIpc) is 2.27. The first-order valence-electron chi connectivity index (χ1n) is 4.63. The first-order chi connectivity index (χ1) is 8.54. The number of alkyl halides is 6. The Labute approximate surface area is 102 Å². The molecule has 1 rings (SSSR count). The van der Waals surface area contributed by atoms with Crippen LogP contribution in [0, 0.1) is 0 Å². The van der Waals surface area contributed by atoms with Gasteiger partial charge in [0, 0.05) is 0 Å². The molecule has 0 aliphatic heterocycles. The normalized spacial score (nSPS) is 14.0. The lowest BCUT2D eigenvalue weighted by Gasteiger charge is -2.23. The molecule has 3 nitrogen and oxygen atoms in total. The van der Waals surface area contributed by atoms with Crippen LogP contribution in [0.5, 0.6) is 5.75 Å². The Morgan fingerprint density at radius 2 is 1.58 bits per heavy atom. The maximum absolute atomic E-state index is 12.8. The Hall–Kier alpha value is -1.93. The predicted molar refractivity (Wildman–Crippen MR) is 47.3 cm³/mol. The maximum Gasteiger partial charge on any atom is 0.439 e. The van der Waals surface area contributed by atoms with Crippen LogP contribution in [0.1, 0.15) is 10.4 Å². The van der Waals surface area contributed by atoms with Crippen LogP contribution in [0.15, 0.2) is 24.3 Å². The van der Waals surface area contributed by atoms with Gasteiger partial charge in [-0.25, -0.2) is 4.39 Å². The van der Waals surface area contributed by atoms with E-state index in [1.54, 1.807) is 0 Å². The molecule has 0 radical (unpaired) electrons. The fraction of sp³-hybridized carbons (Fsp3) is 0.300. The van der Waals surface area contributed by atoms with E-state index < -0.39 is 35.7 Å². The number of aromatic carboxylic acids is 1. The number of benzene rings is 1. The molecule has 106 valence electrons. The molecule has 0 aliphatic rings. The molecule has 0 heterocycles. The molecule has 0 aromatic heterocycles. The molecule has 0 saturated carbocycles. The number of carbonyl (C=O) groups is 1. The van der Waals surface area contributed by atoms with E-state index >= 15 is 0 Å². The highest BCUT2D eigenvalue weighted by molar-refractivity contribution is 5.85. The van der Waals surface area contributed by atoms with E-state index in [-0.39, 0.29) is 0 Å². The number of carbonyl (C=O) groups excluding carboxylic acids is 1. The number of ether oxygens (including phenoxy) is 1. The second kappa shape index (κ2) is 4.98. The summed E-state index contributed by atoms with van der Waals surface area (Å²) >= 11 is 0. The van der Waals surface area contributed by atoms with Crippen LogP contribution in [-0.4, -0.2) is 24.4 Å². The topological polar surface area (TPSA) is 49.4 Å². The summed E-state index contributed by atoms with van der Waals surface area (Å²) in [4.78, 5) is 10.3. The summed E-state index contributed by atoms with van der Waals surface area (Å²) in [5.74, 6) is -2.43. The molecular formula is C10H5F6O3-. The van der Waals surface area contributed by atoms with Crippen molar-refractivity contribution in [1.82, 2.24) is 0 Å². The first-order valence-corrected chi connectivity index (χ1v) is 4.63. The minimum atomic E-state index is -5.78. The Morgan fingerprint density at radius 1 is 1.11 bits per heavy atom. The smallest absolute Gasteiger partial charge is 0.439 e. The van der Waals surface area contributed by atoms with E-state index in [0.29, 0.717) is 12.1 Å².